The first-order valence-corrected chi connectivity index (χ1v) is 8.65. The number of ketones is 1. The summed E-state index contributed by atoms with van der Waals surface area (Å²) in [5.74, 6) is -0.461. The first-order chi connectivity index (χ1) is 12.4. The van der Waals surface area contributed by atoms with Crippen LogP contribution in [0.2, 0.25) is 0 Å². The van der Waals surface area contributed by atoms with E-state index in [1.807, 2.05) is 62.4 Å². The maximum absolute atomic E-state index is 12.6. The lowest BCUT2D eigenvalue weighted by atomic mass is 9.96. The molecule has 0 saturated heterocycles. The molecule has 5 nitrogen and oxygen atoms in total. The molecule has 0 bridgehead atoms. The second kappa shape index (κ2) is 9.15. The van der Waals surface area contributed by atoms with Gasteiger partial charge in [-0.2, -0.15) is 0 Å². The Morgan fingerprint density at radius 3 is 2.38 bits per heavy atom. The van der Waals surface area contributed by atoms with Gasteiger partial charge in [-0.15, -0.1) is 0 Å². The molecule has 0 aliphatic rings. The van der Waals surface area contributed by atoms with Gasteiger partial charge in [-0.25, -0.2) is 0 Å². The van der Waals surface area contributed by atoms with E-state index in [0.29, 0.717) is 24.5 Å². The van der Waals surface area contributed by atoms with E-state index < -0.39 is 5.97 Å². The monoisotopic (exact) mass is 355 g/mol. The average Bonchev–Trinajstić information content (AvgIpc) is 2.61. The molecule has 26 heavy (non-hydrogen) atoms. The Morgan fingerprint density at radius 2 is 1.77 bits per heavy atom. The van der Waals surface area contributed by atoms with Crippen molar-refractivity contribution in [2.24, 2.45) is 5.92 Å². The van der Waals surface area contributed by atoms with Gasteiger partial charge in [0.2, 0.25) is 0 Å². The summed E-state index contributed by atoms with van der Waals surface area (Å²) < 4.78 is 5.80. The van der Waals surface area contributed by atoms with Gasteiger partial charge >= 0.3 is 5.97 Å². The number of hydrogen-bond donors (Lipinski definition) is 1. The van der Waals surface area contributed by atoms with E-state index in [9.17, 15) is 9.59 Å². The smallest absolute Gasteiger partial charge is 0.317 e. The standard InChI is InChI=1S/C21H25NO4/c1-15(2)21(25)18-13-17(16-7-5-4-6-8-16)9-10-19(18)26-12-11-22(3)14-20(23)24/h4-10,13,15H,11-12,14H2,1-3H3,(H,23,24). The number of ether oxygens (including phenoxy) is 1. The van der Waals surface area contributed by atoms with E-state index in [2.05, 4.69) is 0 Å². The van der Waals surface area contributed by atoms with E-state index >= 15 is 0 Å². The lowest BCUT2D eigenvalue weighted by Gasteiger charge is -2.17. The first kappa shape index (κ1) is 19.7. The van der Waals surface area contributed by atoms with Gasteiger partial charge in [0.25, 0.3) is 0 Å². The van der Waals surface area contributed by atoms with Crippen LogP contribution in [0.4, 0.5) is 0 Å². The summed E-state index contributed by atoms with van der Waals surface area (Å²) in [5, 5.41) is 8.79. The van der Waals surface area contributed by atoms with Crippen molar-refractivity contribution < 1.29 is 19.4 Å². The number of carboxylic acids is 1. The van der Waals surface area contributed by atoms with Crippen LogP contribution >= 0.6 is 0 Å². The number of Topliss-reactive ketones (excluding diaryl/α,β-unsaturated/α-hetero) is 1. The van der Waals surface area contributed by atoms with Gasteiger partial charge in [0.15, 0.2) is 5.78 Å². The predicted octanol–water partition coefficient (Wildman–Crippen LogP) is 3.59. The minimum absolute atomic E-state index is 0.0247. The fourth-order valence-electron chi connectivity index (χ4n) is 2.59. The van der Waals surface area contributed by atoms with Crippen molar-refractivity contribution in [3.8, 4) is 16.9 Å². The molecule has 2 aromatic rings. The molecule has 0 aliphatic carbocycles. The zero-order valence-electron chi connectivity index (χ0n) is 15.4. The largest absolute Gasteiger partial charge is 0.491 e. The third-order valence-corrected chi connectivity index (χ3v) is 4.01. The van der Waals surface area contributed by atoms with Crippen LogP contribution in [0.25, 0.3) is 11.1 Å². The van der Waals surface area contributed by atoms with Crippen LogP contribution in [0.15, 0.2) is 48.5 Å². The summed E-state index contributed by atoms with van der Waals surface area (Å²) >= 11 is 0. The van der Waals surface area contributed by atoms with Crippen LogP contribution in [0.5, 0.6) is 5.75 Å². The lowest BCUT2D eigenvalue weighted by molar-refractivity contribution is -0.138. The number of benzene rings is 2. The van der Waals surface area contributed by atoms with Crippen LogP contribution in [0, 0.1) is 5.92 Å². The molecular weight excluding hydrogens is 330 g/mol. The molecule has 0 saturated carbocycles. The number of carbonyl (C=O) groups is 2. The van der Waals surface area contributed by atoms with Crippen molar-refractivity contribution >= 4 is 11.8 Å². The SMILES string of the molecule is CC(C)C(=O)c1cc(-c2ccccc2)ccc1OCCN(C)CC(=O)O. The number of hydrogen-bond acceptors (Lipinski definition) is 4. The molecule has 0 fully saturated rings. The second-order valence-electron chi connectivity index (χ2n) is 6.58. The van der Waals surface area contributed by atoms with Crippen LogP contribution < -0.4 is 4.74 Å². The highest BCUT2D eigenvalue weighted by Gasteiger charge is 2.17. The molecule has 2 rings (SSSR count). The van der Waals surface area contributed by atoms with Crippen molar-refractivity contribution in [3.63, 3.8) is 0 Å². The molecule has 0 unspecified atom stereocenters. The normalized spacial score (nSPS) is 11.0. The predicted molar refractivity (Wildman–Crippen MR) is 102 cm³/mol. The molecule has 0 atom stereocenters. The summed E-state index contributed by atoms with van der Waals surface area (Å²) in [6.45, 7) is 4.45. The summed E-state index contributed by atoms with van der Waals surface area (Å²) in [4.78, 5) is 25.0. The Kier molecular flexibility index (Phi) is 6.92. The van der Waals surface area contributed by atoms with Gasteiger partial charge in [-0.05, 0) is 30.3 Å². The summed E-state index contributed by atoms with van der Waals surface area (Å²) in [6, 6.07) is 15.5. The van der Waals surface area contributed by atoms with Crippen LogP contribution in [0.1, 0.15) is 24.2 Å². The van der Waals surface area contributed by atoms with Gasteiger partial charge in [-0.1, -0.05) is 50.2 Å². The van der Waals surface area contributed by atoms with Gasteiger partial charge < -0.3 is 9.84 Å². The van der Waals surface area contributed by atoms with Crippen LogP contribution in [0.3, 0.4) is 0 Å². The van der Waals surface area contributed by atoms with E-state index in [4.69, 9.17) is 9.84 Å². The van der Waals surface area contributed by atoms with E-state index in [1.54, 1.807) is 11.9 Å². The van der Waals surface area contributed by atoms with Crippen molar-refractivity contribution in [2.45, 2.75) is 13.8 Å². The number of aliphatic carboxylic acids is 1. The number of carboxylic acid groups (broad SMARTS) is 1. The summed E-state index contributed by atoms with van der Waals surface area (Å²) in [7, 11) is 1.72. The topological polar surface area (TPSA) is 66.8 Å². The highest BCUT2D eigenvalue weighted by Crippen LogP contribution is 2.28. The van der Waals surface area contributed by atoms with Crippen LogP contribution in [-0.2, 0) is 4.79 Å². The number of likely N-dealkylation sites (N-methyl/N-ethyl adjacent to an activating group) is 1. The van der Waals surface area contributed by atoms with Gasteiger partial charge in [-0.3, -0.25) is 14.5 Å². The molecule has 0 amide bonds. The molecule has 2 aromatic carbocycles. The zero-order valence-corrected chi connectivity index (χ0v) is 15.4. The Hall–Kier alpha value is -2.66. The fourth-order valence-corrected chi connectivity index (χ4v) is 2.59. The highest BCUT2D eigenvalue weighted by atomic mass is 16.5. The van der Waals surface area contributed by atoms with Gasteiger partial charge in [0.05, 0.1) is 12.1 Å². The number of nitrogens with zero attached hydrogens (tertiary/aromatic N) is 1. The maximum atomic E-state index is 12.6. The molecule has 1 N–H and O–H groups in total. The van der Waals surface area contributed by atoms with E-state index in [1.165, 1.54) is 0 Å². The van der Waals surface area contributed by atoms with E-state index in [0.717, 1.165) is 11.1 Å². The quantitative estimate of drug-likeness (QED) is 0.696. The maximum Gasteiger partial charge on any atom is 0.317 e. The van der Waals surface area contributed by atoms with Crippen LogP contribution in [-0.4, -0.2) is 48.5 Å². The Labute approximate surface area is 154 Å². The lowest BCUT2D eigenvalue weighted by Crippen LogP contribution is -2.29. The zero-order chi connectivity index (χ0) is 19.1. The molecule has 0 aromatic heterocycles. The fraction of sp³-hybridized carbons (Fsp3) is 0.333. The number of carbonyl (C=O) groups excluding carboxylic acids is 1. The minimum Gasteiger partial charge on any atom is -0.491 e. The van der Waals surface area contributed by atoms with Gasteiger partial charge in [0, 0.05) is 12.5 Å². The molecule has 0 aliphatic heterocycles. The van der Waals surface area contributed by atoms with Crippen molar-refractivity contribution in [3.05, 3.63) is 54.1 Å². The Balaban J connectivity index is 2.19. The average molecular weight is 355 g/mol. The third-order valence-electron chi connectivity index (χ3n) is 4.01. The second-order valence-corrected chi connectivity index (χ2v) is 6.58. The van der Waals surface area contributed by atoms with E-state index in [-0.39, 0.29) is 18.2 Å². The van der Waals surface area contributed by atoms with Gasteiger partial charge in [0.1, 0.15) is 12.4 Å². The molecule has 0 spiro atoms. The Morgan fingerprint density at radius 1 is 1.08 bits per heavy atom. The highest BCUT2D eigenvalue weighted by molar-refractivity contribution is 6.01. The first-order valence-electron chi connectivity index (χ1n) is 8.65. The summed E-state index contributed by atoms with van der Waals surface area (Å²) in [6.07, 6.45) is 0. The minimum atomic E-state index is -0.879. The Bertz CT molecular complexity index is 756. The number of rotatable bonds is 9. The van der Waals surface area contributed by atoms with Crippen molar-refractivity contribution in [1.82, 2.24) is 4.90 Å². The van der Waals surface area contributed by atoms with Crippen molar-refractivity contribution in [1.29, 1.82) is 0 Å². The molecule has 5 heteroatoms. The van der Waals surface area contributed by atoms with Crippen molar-refractivity contribution in [2.75, 3.05) is 26.7 Å². The molecule has 0 heterocycles. The molecular formula is C21H25NO4. The molecule has 0 radical (unpaired) electrons. The molecule has 138 valence electrons. The third kappa shape index (κ3) is 5.43. The summed E-state index contributed by atoms with van der Waals surface area (Å²) in [5.41, 5.74) is 2.56.